The lowest BCUT2D eigenvalue weighted by Gasteiger charge is -2.26. The number of carbonyl (C=O) groups is 1. The van der Waals surface area contributed by atoms with Crippen molar-refractivity contribution in [2.45, 2.75) is 38.4 Å². The minimum atomic E-state index is -0.960. The zero-order valence-electron chi connectivity index (χ0n) is 11.7. The van der Waals surface area contributed by atoms with Crippen molar-refractivity contribution in [3.8, 4) is 0 Å². The third-order valence-corrected chi connectivity index (χ3v) is 3.21. The van der Waals surface area contributed by atoms with E-state index in [1.54, 1.807) is 4.90 Å². The van der Waals surface area contributed by atoms with Crippen molar-refractivity contribution in [2.75, 3.05) is 13.1 Å². The van der Waals surface area contributed by atoms with Gasteiger partial charge in [0.25, 0.3) is 0 Å². The van der Waals surface area contributed by atoms with Gasteiger partial charge in [0.15, 0.2) is 0 Å². The van der Waals surface area contributed by atoms with Gasteiger partial charge in [-0.2, -0.15) is 0 Å². The van der Waals surface area contributed by atoms with Crippen LogP contribution in [0, 0.1) is 0 Å². The number of aliphatic hydroxyl groups is 1. The molecule has 1 amide bonds. The van der Waals surface area contributed by atoms with E-state index in [1.807, 2.05) is 51.1 Å². The van der Waals surface area contributed by atoms with Crippen LogP contribution in [0.25, 0.3) is 0 Å². The molecule has 1 N–H and O–H groups in total. The lowest BCUT2D eigenvalue weighted by atomic mass is 9.93. The molecule has 1 heterocycles. The highest BCUT2D eigenvalue weighted by molar-refractivity contribution is 5.68. The van der Waals surface area contributed by atoms with Crippen LogP contribution >= 0.6 is 0 Å². The van der Waals surface area contributed by atoms with Crippen LogP contribution in [-0.4, -0.2) is 34.8 Å². The van der Waals surface area contributed by atoms with Gasteiger partial charge in [-0.25, -0.2) is 4.79 Å². The topological polar surface area (TPSA) is 49.8 Å². The van der Waals surface area contributed by atoms with E-state index in [1.165, 1.54) is 0 Å². The number of benzene rings is 1. The van der Waals surface area contributed by atoms with Gasteiger partial charge >= 0.3 is 6.09 Å². The molecule has 0 aliphatic carbocycles. The molecule has 1 aliphatic rings. The predicted octanol–water partition coefficient (Wildman–Crippen LogP) is 2.52. The largest absolute Gasteiger partial charge is 0.444 e. The lowest BCUT2D eigenvalue weighted by Crippen LogP contribution is -2.38. The van der Waals surface area contributed by atoms with Crippen molar-refractivity contribution in [3.63, 3.8) is 0 Å². The Balaban J connectivity index is 2.06. The second-order valence-electron chi connectivity index (χ2n) is 6.05. The summed E-state index contributed by atoms with van der Waals surface area (Å²) in [5.74, 6) is 0. The first-order chi connectivity index (χ1) is 8.80. The summed E-state index contributed by atoms with van der Waals surface area (Å²) in [5.41, 5.74) is -0.621. The Morgan fingerprint density at radius 3 is 2.53 bits per heavy atom. The molecule has 0 bridgehead atoms. The Hall–Kier alpha value is -1.55. The quantitative estimate of drug-likeness (QED) is 0.847. The third kappa shape index (κ3) is 3.26. The lowest BCUT2D eigenvalue weighted by molar-refractivity contribution is 0.0140. The average Bonchev–Trinajstić information content (AvgIpc) is 2.73. The van der Waals surface area contributed by atoms with Gasteiger partial charge in [-0.15, -0.1) is 0 Å². The number of amides is 1. The summed E-state index contributed by atoms with van der Waals surface area (Å²) in [6.45, 7) is 6.31. The molecule has 1 aromatic rings. The molecule has 0 spiro atoms. The molecule has 1 atom stereocenters. The number of ether oxygens (including phenoxy) is 1. The van der Waals surface area contributed by atoms with E-state index < -0.39 is 11.2 Å². The summed E-state index contributed by atoms with van der Waals surface area (Å²) in [4.78, 5) is 13.5. The van der Waals surface area contributed by atoms with Crippen LogP contribution in [-0.2, 0) is 10.3 Å². The zero-order chi connectivity index (χ0) is 14.1. The normalized spacial score (nSPS) is 23.5. The van der Waals surface area contributed by atoms with Gasteiger partial charge in [-0.1, -0.05) is 30.3 Å². The Morgan fingerprint density at radius 2 is 1.95 bits per heavy atom. The van der Waals surface area contributed by atoms with E-state index in [4.69, 9.17) is 4.74 Å². The molecule has 0 radical (unpaired) electrons. The minimum absolute atomic E-state index is 0.284. The molecule has 1 saturated heterocycles. The standard InChI is InChI=1S/C15H21NO3/c1-14(2,3)19-13(17)16-10-9-15(18,11-16)12-7-5-4-6-8-12/h4-8,18H,9-11H2,1-3H3/t15-/m0/s1. The summed E-state index contributed by atoms with van der Waals surface area (Å²) < 4.78 is 5.33. The van der Waals surface area contributed by atoms with Crippen molar-refractivity contribution in [1.82, 2.24) is 4.90 Å². The molecule has 1 fully saturated rings. The van der Waals surface area contributed by atoms with Crippen LogP contribution in [0.15, 0.2) is 30.3 Å². The molecule has 1 aromatic carbocycles. The molecule has 0 unspecified atom stereocenters. The SMILES string of the molecule is CC(C)(C)OC(=O)N1CC[C@@](O)(c2ccccc2)C1. The summed E-state index contributed by atoms with van der Waals surface area (Å²) in [6, 6.07) is 9.47. The van der Waals surface area contributed by atoms with Gasteiger partial charge in [0.05, 0.1) is 6.54 Å². The highest BCUT2D eigenvalue weighted by Gasteiger charge is 2.40. The van der Waals surface area contributed by atoms with Crippen LogP contribution in [0.2, 0.25) is 0 Å². The Morgan fingerprint density at radius 1 is 1.32 bits per heavy atom. The Bertz CT molecular complexity index is 452. The number of nitrogens with zero attached hydrogens (tertiary/aromatic N) is 1. The summed E-state index contributed by atoms with van der Waals surface area (Å²) in [5, 5.41) is 10.6. The van der Waals surface area contributed by atoms with Crippen LogP contribution < -0.4 is 0 Å². The zero-order valence-corrected chi connectivity index (χ0v) is 11.7. The van der Waals surface area contributed by atoms with Crippen LogP contribution in [0.1, 0.15) is 32.8 Å². The van der Waals surface area contributed by atoms with Crippen molar-refractivity contribution in [3.05, 3.63) is 35.9 Å². The number of rotatable bonds is 1. The van der Waals surface area contributed by atoms with E-state index in [-0.39, 0.29) is 12.6 Å². The number of likely N-dealkylation sites (tertiary alicyclic amines) is 1. The van der Waals surface area contributed by atoms with E-state index in [0.29, 0.717) is 13.0 Å². The highest BCUT2D eigenvalue weighted by atomic mass is 16.6. The van der Waals surface area contributed by atoms with Gasteiger partial charge in [0, 0.05) is 6.54 Å². The fraction of sp³-hybridized carbons (Fsp3) is 0.533. The maximum atomic E-state index is 12.0. The van der Waals surface area contributed by atoms with E-state index in [0.717, 1.165) is 5.56 Å². The molecule has 0 saturated carbocycles. The van der Waals surface area contributed by atoms with Crippen LogP contribution in [0.4, 0.5) is 4.79 Å². The van der Waals surface area contributed by atoms with Gasteiger partial charge < -0.3 is 14.7 Å². The first kappa shape index (κ1) is 13.9. The maximum absolute atomic E-state index is 12.0. The van der Waals surface area contributed by atoms with Crippen molar-refractivity contribution in [2.24, 2.45) is 0 Å². The second-order valence-corrected chi connectivity index (χ2v) is 6.05. The molecule has 4 heteroatoms. The summed E-state index contributed by atoms with van der Waals surface area (Å²) >= 11 is 0. The molecule has 104 valence electrons. The second kappa shape index (κ2) is 4.85. The Labute approximate surface area is 114 Å². The van der Waals surface area contributed by atoms with E-state index in [9.17, 15) is 9.90 Å². The van der Waals surface area contributed by atoms with Gasteiger partial charge in [0.2, 0.25) is 0 Å². The summed E-state index contributed by atoms with van der Waals surface area (Å²) in [6.07, 6.45) is 0.176. The van der Waals surface area contributed by atoms with Crippen LogP contribution in [0.5, 0.6) is 0 Å². The first-order valence-corrected chi connectivity index (χ1v) is 6.56. The van der Waals surface area contributed by atoms with Crippen LogP contribution in [0.3, 0.4) is 0 Å². The number of carbonyl (C=O) groups excluding carboxylic acids is 1. The summed E-state index contributed by atoms with van der Waals surface area (Å²) in [7, 11) is 0. The maximum Gasteiger partial charge on any atom is 0.410 e. The molecule has 19 heavy (non-hydrogen) atoms. The number of hydrogen-bond donors (Lipinski definition) is 1. The fourth-order valence-electron chi connectivity index (χ4n) is 2.26. The van der Waals surface area contributed by atoms with Crippen molar-refractivity contribution >= 4 is 6.09 Å². The monoisotopic (exact) mass is 263 g/mol. The van der Waals surface area contributed by atoms with Gasteiger partial charge in [-0.3, -0.25) is 0 Å². The Kier molecular flexibility index (Phi) is 3.54. The molecular formula is C15H21NO3. The molecule has 2 rings (SSSR count). The minimum Gasteiger partial charge on any atom is -0.444 e. The van der Waals surface area contributed by atoms with Gasteiger partial charge in [0.1, 0.15) is 11.2 Å². The number of hydrogen-bond acceptors (Lipinski definition) is 3. The van der Waals surface area contributed by atoms with Crippen molar-refractivity contribution in [1.29, 1.82) is 0 Å². The van der Waals surface area contributed by atoms with E-state index in [2.05, 4.69) is 0 Å². The molecule has 4 nitrogen and oxygen atoms in total. The average molecular weight is 263 g/mol. The first-order valence-electron chi connectivity index (χ1n) is 6.56. The number of β-amino-alcohol motifs (C(OH)–C–C–N with tert-alkyl or cyclic N) is 1. The highest BCUT2D eigenvalue weighted by Crippen LogP contribution is 2.32. The fourth-order valence-corrected chi connectivity index (χ4v) is 2.26. The predicted molar refractivity (Wildman–Crippen MR) is 72.8 cm³/mol. The van der Waals surface area contributed by atoms with Gasteiger partial charge in [-0.05, 0) is 32.8 Å². The smallest absolute Gasteiger partial charge is 0.410 e. The molecular weight excluding hydrogens is 242 g/mol. The molecule has 1 aliphatic heterocycles. The van der Waals surface area contributed by atoms with Crippen molar-refractivity contribution < 1.29 is 14.6 Å². The van der Waals surface area contributed by atoms with E-state index >= 15 is 0 Å². The molecule has 0 aromatic heterocycles. The third-order valence-electron chi connectivity index (χ3n) is 3.21.